The van der Waals surface area contributed by atoms with Crippen LogP contribution in [0.25, 0.3) is 0 Å². The number of amides is 1. The van der Waals surface area contributed by atoms with E-state index in [9.17, 15) is 4.79 Å². The largest absolute Gasteiger partial charge is 0.329 e. The Bertz CT molecular complexity index is 342. The molecule has 0 saturated carbocycles. The highest BCUT2D eigenvalue weighted by Crippen LogP contribution is 2.09. The zero-order chi connectivity index (χ0) is 9.97. The third-order valence-corrected chi connectivity index (χ3v) is 2.29. The highest BCUT2D eigenvalue weighted by atomic mass is 16.2. The van der Waals surface area contributed by atoms with Crippen molar-refractivity contribution in [2.24, 2.45) is 5.92 Å². The first-order valence-corrected chi connectivity index (χ1v) is 4.71. The van der Waals surface area contributed by atoms with Crippen LogP contribution >= 0.6 is 0 Å². The molecule has 2 heterocycles. The molecule has 2 rings (SSSR count). The Kier molecular flexibility index (Phi) is 2.35. The first-order valence-electron chi connectivity index (χ1n) is 4.71. The molecule has 0 bridgehead atoms. The third-order valence-electron chi connectivity index (χ3n) is 2.29. The summed E-state index contributed by atoms with van der Waals surface area (Å²) in [5, 5.41) is 0. The van der Waals surface area contributed by atoms with Crippen molar-refractivity contribution >= 4 is 6.03 Å². The summed E-state index contributed by atoms with van der Waals surface area (Å²) < 4.78 is 1.51. The third kappa shape index (κ3) is 1.69. The van der Waals surface area contributed by atoms with Gasteiger partial charge in [-0.25, -0.2) is 9.78 Å². The SMILES string of the molecule is CC1C=CCN(C(=O)n2ccnc2)C1. The van der Waals surface area contributed by atoms with Gasteiger partial charge in [0.05, 0.1) is 0 Å². The van der Waals surface area contributed by atoms with Gasteiger partial charge in [0, 0.05) is 25.5 Å². The molecule has 1 aliphatic rings. The van der Waals surface area contributed by atoms with E-state index >= 15 is 0 Å². The zero-order valence-electron chi connectivity index (χ0n) is 8.13. The molecule has 0 spiro atoms. The van der Waals surface area contributed by atoms with E-state index in [0.29, 0.717) is 12.5 Å². The maximum absolute atomic E-state index is 11.8. The second-order valence-corrected chi connectivity index (χ2v) is 3.56. The molecule has 1 aliphatic heterocycles. The number of hydrogen-bond acceptors (Lipinski definition) is 2. The van der Waals surface area contributed by atoms with Crippen molar-refractivity contribution in [3.05, 3.63) is 30.9 Å². The summed E-state index contributed by atoms with van der Waals surface area (Å²) in [6.07, 6.45) is 8.98. The maximum atomic E-state index is 11.8. The minimum atomic E-state index is -0.00120. The van der Waals surface area contributed by atoms with Gasteiger partial charge in [-0.1, -0.05) is 19.1 Å². The Balaban J connectivity index is 2.09. The number of rotatable bonds is 0. The van der Waals surface area contributed by atoms with Gasteiger partial charge < -0.3 is 4.90 Å². The molecule has 0 aromatic carbocycles. The number of aromatic nitrogens is 2. The molecule has 14 heavy (non-hydrogen) atoms. The van der Waals surface area contributed by atoms with E-state index in [0.717, 1.165) is 6.54 Å². The summed E-state index contributed by atoms with van der Waals surface area (Å²) >= 11 is 0. The summed E-state index contributed by atoms with van der Waals surface area (Å²) in [4.78, 5) is 17.5. The van der Waals surface area contributed by atoms with Gasteiger partial charge in [-0.3, -0.25) is 4.57 Å². The van der Waals surface area contributed by atoms with Gasteiger partial charge in [0.2, 0.25) is 0 Å². The second-order valence-electron chi connectivity index (χ2n) is 3.56. The smallest absolute Gasteiger partial charge is 0.320 e. The zero-order valence-corrected chi connectivity index (χ0v) is 8.13. The van der Waals surface area contributed by atoms with Gasteiger partial charge in [0.15, 0.2) is 0 Å². The number of carbonyl (C=O) groups excluding carboxylic acids is 1. The van der Waals surface area contributed by atoms with Gasteiger partial charge in [-0.2, -0.15) is 0 Å². The highest BCUT2D eigenvalue weighted by Gasteiger charge is 2.18. The lowest BCUT2D eigenvalue weighted by molar-refractivity contribution is 0.198. The number of nitrogens with zero attached hydrogens (tertiary/aromatic N) is 3. The van der Waals surface area contributed by atoms with Crippen LogP contribution < -0.4 is 0 Å². The maximum Gasteiger partial charge on any atom is 0.329 e. The van der Waals surface area contributed by atoms with Gasteiger partial charge in [0.1, 0.15) is 6.33 Å². The number of imidazole rings is 1. The summed E-state index contributed by atoms with van der Waals surface area (Å²) in [7, 11) is 0. The predicted molar refractivity (Wildman–Crippen MR) is 52.9 cm³/mol. The minimum Gasteiger partial charge on any atom is -0.320 e. The highest BCUT2D eigenvalue weighted by molar-refractivity contribution is 5.77. The van der Waals surface area contributed by atoms with Crippen molar-refractivity contribution in [1.82, 2.24) is 14.5 Å². The van der Waals surface area contributed by atoms with Crippen molar-refractivity contribution in [3.63, 3.8) is 0 Å². The summed E-state index contributed by atoms with van der Waals surface area (Å²) in [5.74, 6) is 0.441. The molecule has 0 radical (unpaired) electrons. The lowest BCUT2D eigenvalue weighted by atomic mass is 10.1. The molecule has 1 aromatic rings. The van der Waals surface area contributed by atoms with Gasteiger partial charge >= 0.3 is 6.03 Å². The molecule has 74 valence electrons. The van der Waals surface area contributed by atoms with E-state index in [1.54, 1.807) is 12.4 Å². The molecular weight excluding hydrogens is 178 g/mol. The molecule has 4 nitrogen and oxygen atoms in total. The standard InChI is InChI=1S/C10H13N3O/c1-9-3-2-5-12(7-9)10(14)13-6-4-11-8-13/h2-4,6,8-9H,5,7H2,1H3. The summed E-state index contributed by atoms with van der Waals surface area (Å²) in [6.45, 7) is 3.58. The monoisotopic (exact) mass is 191 g/mol. The molecule has 1 atom stereocenters. The van der Waals surface area contributed by atoms with Crippen LogP contribution in [0.1, 0.15) is 6.92 Å². The van der Waals surface area contributed by atoms with Crippen molar-refractivity contribution in [2.45, 2.75) is 6.92 Å². The van der Waals surface area contributed by atoms with Crippen molar-refractivity contribution in [2.75, 3.05) is 13.1 Å². The van der Waals surface area contributed by atoms with Crippen LogP contribution in [-0.4, -0.2) is 33.6 Å². The fourth-order valence-electron chi connectivity index (χ4n) is 1.60. The molecule has 0 fully saturated rings. The number of hydrogen-bond donors (Lipinski definition) is 0. The average molecular weight is 191 g/mol. The lowest BCUT2D eigenvalue weighted by Gasteiger charge is -2.26. The summed E-state index contributed by atoms with van der Waals surface area (Å²) in [5.41, 5.74) is 0. The van der Waals surface area contributed by atoms with Crippen LogP contribution in [0.15, 0.2) is 30.9 Å². The fourth-order valence-corrected chi connectivity index (χ4v) is 1.60. The normalized spacial score (nSPS) is 21.2. The molecule has 1 amide bonds. The Hall–Kier alpha value is -1.58. The Morgan fingerprint density at radius 3 is 3.07 bits per heavy atom. The average Bonchev–Trinajstić information content (AvgIpc) is 2.69. The molecule has 0 N–H and O–H groups in total. The van der Waals surface area contributed by atoms with Crippen LogP contribution in [0.3, 0.4) is 0 Å². The molecular formula is C10H13N3O. The van der Waals surface area contributed by atoms with Crippen LogP contribution in [0, 0.1) is 5.92 Å². The Morgan fingerprint density at radius 1 is 1.57 bits per heavy atom. The van der Waals surface area contributed by atoms with E-state index in [1.165, 1.54) is 10.9 Å². The van der Waals surface area contributed by atoms with Crippen LogP contribution in [-0.2, 0) is 0 Å². The topological polar surface area (TPSA) is 38.1 Å². The lowest BCUT2D eigenvalue weighted by Crippen LogP contribution is -2.39. The number of carbonyl (C=O) groups is 1. The first kappa shape index (κ1) is 8.99. The summed E-state index contributed by atoms with van der Waals surface area (Å²) in [6, 6.07) is -0.00120. The molecule has 1 unspecified atom stereocenters. The van der Waals surface area contributed by atoms with Crippen LogP contribution in [0.5, 0.6) is 0 Å². The van der Waals surface area contributed by atoms with E-state index < -0.39 is 0 Å². The van der Waals surface area contributed by atoms with Crippen LogP contribution in [0.2, 0.25) is 0 Å². The van der Waals surface area contributed by atoms with Crippen molar-refractivity contribution in [1.29, 1.82) is 0 Å². The van der Waals surface area contributed by atoms with E-state index in [-0.39, 0.29) is 6.03 Å². The van der Waals surface area contributed by atoms with E-state index in [4.69, 9.17) is 0 Å². The first-order chi connectivity index (χ1) is 6.77. The Morgan fingerprint density at radius 2 is 2.43 bits per heavy atom. The quantitative estimate of drug-likeness (QED) is 0.581. The van der Waals surface area contributed by atoms with Gasteiger partial charge in [-0.15, -0.1) is 0 Å². The molecule has 1 aromatic heterocycles. The second kappa shape index (κ2) is 3.65. The van der Waals surface area contributed by atoms with Crippen molar-refractivity contribution < 1.29 is 4.79 Å². The minimum absolute atomic E-state index is 0.00120. The Labute approximate surface area is 82.9 Å². The van der Waals surface area contributed by atoms with Gasteiger partial charge in [0.25, 0.3) is 0 Å². The van der Waals surface area contributed by atoms with Gasteiger partial charge in [-0.05, 0) is 5.92 Å². The predicted octanol–water partition coefficient (Wildman–Crippen LogP) is 1.36. The molecule has 4 heteroatoms. The van der Waals surface area contributed by atoms with E-state index in [2.05, 4.69) is 18.0 Å². The van der Waals surface area contributed by atoms with Crippen LogP contribution in [0.4, 0.5) is 4.79 Å². The molecule has 0 saturated heterocycles. The fraction of sp³-hybridized carbons (Fsp3) is 0.400. The van der Waals surface area contributed by atoms with Crippen molar-refractivity contribution in [3.8, 4) is 0 Å². The molecule has 0 aliphatic carbocycles. The van der Waals surface area contributed by atoms with E-state index in [1.807, 2.05) is 11.0 Å².